The van der Waals surface area contributed by atoms with E-state index < -0.39 is 0 Å². The minimum Gasteiger partial charge on any atom is -0.328 e. The summed E-state index contributed by atoms with van der Waals surface area (Å²) in [5, 5.41) is 0.668. The largest absolute Gasteiger partial charge is 0.328 e. The number of hydrogen-bond donors (Lipinski definition) is 1. The Morgan fingerprint density at radius 1 is 1.54 bits per heavy atom. The summed E-state index contributed by atoms with van der Waals surface area (Å²) in [5.41, 5.74) is 1.82. The van der Waals surface area contributed by atoms with Crippen LogP contribution in [0.4, 0.5) is 0 Å². The summed E-state index contributed by atoms with van der Waals surface area (Å²) in [6, 6.07) is 3.57. The van der Waals surface area contributed by atoms with E-state index in [2.05, 4.69) is 9.97 Å². The molecule has 0 bridgehead atoms. The fourth-order valence-electron chi connectivity index (χ4n) is 1.41. The molecule has 1 N–H and O–H groups in total. The number of aryl methyl sites for hydroxylation is 1. The summed E-state index contributed by atoms with van der Waals surface area (Å²) < 4.78 is 0. The molecule has 13 heavy (non-hydrogen) atoms. The van der Waals surface area contributed by atoms with Gasteiger partial charge in [-0.25, -0.2) is 0 Å². The quantitative estimate of drug-likeness (QED) is 0.711. The maximum atomic E-state index is 11.4. The smallest absolute Gasteiger partial charge is 0.257 e. The topological polar surface area (TPSA) is 45.8 Å². The van der Waals surface area contributed by atoms with Gasteiger partial charge in [0.05, 0.1) is 10.9 Å². The molecule has 3 heteroatoms. The lowest BCUT2D eigenvalue weighted by molar-refractivity contribution is 1.10. The van der Waals surface area contributed by atoms with Crippen LogP contribution in [0.15, 0.2) is 29.3 Å². The van der Waals surface area contributed by atoms with Crippen LogP contribution in [0.2, 0.25) is 0 Å². The molecule has 2 heterocycles. The van der Waals surface area contributed by atoms with Gasteiger partial charge in [-0.1, -0.05) is 6.92 Å². The summed E-state index contributed by atoms with van der Waals surface area (Å²) >= 11 is 0. The van der Waals surface area contributed by atoms with Gasteiger partial charge in [0, 0.05) is 12.4 Å². The molecule has 0 saturated carbocycles. The molecule has 0 aliphatic heterocycles. The van der Waals surface area contributed by atoms with Gasteiger partial charge in [-0.05, 0) is 24.1 Å². The van der Waals surface area contributed by atoms with E-state index in [1.807, 2.05) is 6.92 Å². The van der Waals surface area contributed by atoms with Gasteiger partial charge in [-0.3, -0.25) is 9.78 Å². The SMILES string of the molecule is CCc1c[nH]c(=O)c2cccnc12. The summed E-state index contributed by atoms with van der Waals surface area (Å²) in [6.07, 6.45) is 4.32. The monoisotopic (exact) mass is 174 g/mol. The van der Waals surface area contributed by atoms with Crippen molar-refractivity contribution in [3.05, 3.63) is 40.4 Å². The predicted octanol–water partition coefficient (Wildman–Crippen LogP) is 1.49. The minimum atomic E-state index is -0.0692. The number of H-pyrrole nitrogens is 1. The van der Waals surface area contributed by atoms with E-state index in [1.54, 1.807) is 24.5 Å². The third-order valence-corrected chi connectivity index (χ3v) is 2.11. The number of pyridine rings is 2. The van der Waals surface area contributed by atoms with E-state index in [9.17, 15) is 4.79 Å². The second-order valence-electron chi connectivity index (χ2n) is 2.90. The van der Waals surface area contributed by atoms with Gasteiger partial charge in [-0.2, -0.15) is 0 Å². The highest BCUT2D eigenvalue weighted by Gasteiger charge is 2.02. The van der Waals surface area contributed by atoms with Crippen LogP contribution >= 0.6 is 0 Å². The van der Waals surface area contributed by atoms with Crippen molar-refractivity contribution in [2.75, 3.05) is 0 Å². The number of nitrogens with one attached hydrogen (secondary N) is 1. The average molecular weight is 174 g/mol. The first-order chi connectivity index (χ1) is 6.33. The van der Waals surface area contributed by atoms with Crippen LogP contribution in [-0.2, 0) is 6.42 Å². The molecule has 66 valence electrons. The molecule has 2 aromatic rings. The zero-order valence-electron chi connectivity index (χ0n) is 7.37. The van der Waals surface area contributed by atoms with Gasteiger partial charge in [-0.15, -0.1) is 0 Å². The molecule has 0 saturated heterocycles. The molecule has 0 aliphatic carbocycles. The van der Waals surface area contributed by atoms with Crippen LogP contribution in [0.3, 0.4) is 0 Å². The maximum absolute atomic E-state index is 11.4. The van der Waals surface area contributed by atoms with Crippen LogP contribution in [-0.4, -0.2) is 9.97 Å². The zero-order valence-corrected chi connectivity index (χ0v) is 7.37. The summed E-state index contributed by atoms with van der Waals surface area (Å²) in [6.45, 7) is 2.04. The Kier molecular flexibility index (Phi) is 1.85. The first-order valence-corrected chi connectivity index (χ1v) is 4.28. The molecule has 2 aromatic heterocycles. The molecule has 0 aliphatic rings. The molecular weight excluding hydrogens is 164 g/mol. The van der Waals surface area contributed by atoms with Crippen LogP contribution in [0.1, 0.15) is 12.5 Å². The van der Waals surface area contributed by atoms with Crippen molar-refractivity contribution in [1.82, 2.24) is 9.97 Å². The molecule has 0 aromatic carbocycles. The lowest BCUT2D eigenvalue weighted by atomic mass is 10.1. The summed E-state index contributed by atoms with van der Waals surface area (Å²) in [4.78, 5) is 18.2. The van der Waals surface area contributed by atoms with Gasteiger partial charge in [0.2, 0.25) is 0 Å². The van der Waals surface area contributed by atoms with E-state index in [0.717, 1.165) is 17.5 Å². The lowest BCUT2D eigenvalue weighted by Gasteiger charge is -2.00. The Balaban J connectivity index is 2.93. The zero-order chi connectivity index (χ0) is 9.26. The van der Waals surface area contributed by atoms with E-state index in [1.165, 1.54) is 0 Å². The Labute approximate surface area is 75.4 Å². The first-order valence-electron chi connectivity index (χ1n) is 4.28. The highest BCUT2D eigenvalue weighted by molar-refractivity contribution is 5.80. The third-order valence-electron chi connectivity index (χ3n) is 2.11. The first kappa shape index (κ1) is 7.98. The number of rotatable bonds is 1. The van der Waals surface area contributed by atoms with Crippen molar-refractivity contribution in [2.45, 2.75) is 13.3 Å². The van der Waals surface area contributed by atoms with Crippen LogP contribution in [0.25, 0.3) is 10.9 Å². The van der Waals surface area contributed by atoms with Crippen molar-refractivity contribution >= 4 is 10.9 Å². The lowest BCUT2D eigenvalue weighted by Crippen LogP contribution is -2.07. The van der Waals surface area contributed by atoms with Gasteiger partial charge < -0.3 is 4.98 Å². The standard InChI is InChI=1S/C10H10N2O/c1-2-7-6-12-10(13)8-4-3-5-11-9(7)8/h3-6H,2H2,1H3,(H,12,13). The predicted molar refractivity (Wildman–Crippen MR) is 51.7 cm³/mol. The number of aromatic nitrogens is 2. The van der Waals surface area contributed by atoms with E-state index in [4.69, 9.17) is 0 Å². The number of fused-ring (bicyclic) bond motifs is 1. The number of aromatic amines is 1. The van der Waals surface area contributed by atoms with Gasteiger partial charge in [0.1, 0.15) is 0 Å². The molecule has 0 radical (unpaired) electrons. The molecule has 0 amide bonds. The molecule has 0 spiro atoms. The van der Waals surface area contributed by atoms with E-state index in [-0.39, 0.29) is 5.56 Å². The number of hydrogen-bond acceptors (Lipinski definition) is 2. The second-order valence-corrected chi connectivity index (χ2v) is 2.90. The van der Waals surface area contributed by atoms with E-state index >= 15 is 0 Å². The summed E-state index contributed by atoms with van der Waals surface area (Å²) in [7, 11) is 0. The average Bonchev–Trinajstić information content (AvgIpc) is 2.19. The molecule has 3 nitrogen and oxygen atoms in total. The van der Waals surface area contributed by atoms with Crippen LogP contribution in [0.5, 0.6) is 0 Å². The molecule has 0 atom stereocenters. The molecule has 0 fully saturated rings. The van der Waals surface area contributed by atoms with Gasteiger partial charge in [0.15, 0.2) is 0 Å². The van der Waals surface area contributed by atoms with Crippen LogP contribution in [0, 0.1) is 0 Å². The maximum Gasteiger partial charge on any atom is 0.257 e. The van der Waals surface area contributed by atoms with Crippen molar-refractivity contribution in [3.63, 3.8) is 0 Å². The fourth-order valence-corrected chi connectivity index (χ4v) is 1.41. The van der Waals surface area contributed by atoms with Crippen molar-refractivity contribution in [2.24, 2.45) is 0 Å². The van der Waals surface area contributed by atoms with Crippen LogP contribution < -0.4 is 5.56 Å². The molecule has 2 rings (SSSR count). The highest BCUT2D eigenvalue weighted by atomic mass is 16.1. The molecule has 0 unspecified atom stereocenters. The summed E-state index contributed by atoms with van der Waals surface area (Å²) in [5.74, 6) is 0. The Bertz CT molecular complexity index is 487. The van der Waals surface area contributed by atoms with E-state index in [0.29, 0.717) is 5.39 Å². The fraction of sp³-hybridized carbons (Fsp3) is 0.200. The normalized spacial score (nSPS) is 10.5. The Morgan fingerprint density at radius 2 is 2.38 bits per heavy atom. The number of nitrogens with zero attached hydrogens (tertiary/aromatic N) is 1. The van der Waals surface area contributed by atoms with Gasteiger partial charge >= 0.3 is 0 Å². The van der Waals surface area contributed by atoms with Gasteiger partial charge in [0.25, 0.3) is 5.56 Å². The Hall–Kier alpha value is -1.64. The van der Waals surface area contributed by atoms with Crippen molar-refractivity contribution < 1.29 is 0 Å². The third kappa shape index (κ3) is 1.22. The highest BCUT2D eigenvalue weighted by Crippen LogP contribution is 2.10. The van der Waals surface area contributed by atoms with Crippen molar-refractivity contribution in [3.8, 4) is 0 Å². The second kappa shape index (κ2) is 3.01. The Morgan fingerprint density at radius 3 is 3.15 bits per heavy atom. The minimum absolute atomic E-state index is 0.0692. The molecular formula is C10H10N2O. The van der Waals surface area contributed by atoms with Crippen molar-refractivity contribution in [1.29, 1.82) is 0 Å².